The molecule has 13 unspecified atom stereocenters. The van der Waals surface area contributed by atoms with E-state index in [1.54, 1.807) is 0 Å². The summed E-state index contributed by atoms with van der Waals surface area (Å²) in [6.07, 6.45) is -0.760. The maximum absolute atomic E-state index is 14.7. The van der Waals surface area contributed by atoms with Crippen LogP contribution in [-0.4, -0.2) is 102 Å². The number of ether oxygens (including phenoxy) is 6. The minimum Gasteiger partial charge on any atom is -0.466 e. The van der Waals surface area contributed by atoms with Crippen molar-refractivity contribution in [3.05, 3.63) is 45.1 Å². The highest BCUT2D eigenvalue weighted by Crippen LogP contribution is 2.83. The number of carbonyl (C=O) groups excluding carboxylic acids is 7. The molecule has 1 spiro atoms. The monoisotopic (exact) mass is 790 g/mol. The lowest BCUT2D eigenvalue weighted by Gasteiger charge is -2.63. The number of Topliss-reactive ketones (excluding diaryl/α,β-unsaturated/α-hetero) is 1. The molecule has 2 N–H and O–H groups in total. The first-order valence-corrected chi connectivity index (χ1v) is 19.6. The average Bonchev–Trinajstić information content (AvgIpc) is 4.08. The average molecular weight is 791 g/mol. The Bertz CT molecular complexity index is 2120. The summed E-state index contributed by atoms with van der Waals surface area (Å²) in [6, 6.07) is 0. The predicted octanol–water partition coefficient (Wildman–Crippen LogP) is 1.92. The molecular formula is C42H46O15. The molecule has 0 saturated heterocycles. The largest absolute Gasteiger partial charge is 0.466 e. The Balaban J connectivity index is 1.25. The molecule has 7 aliphatic carbocycles. The topological polar surface area (TPSA) is 215 Å². The molecule has 0 aromatic heterocycles. The summed E-state index contributed by atoms with van der Waals surface area (Å²) in [5, 5.41) is 24.7. The van der Waals surface area contributed by atoms with E-state index in [2.05, 4.69) is 6.92 Å². The molecule has 13 atom stereocenters. The van der Waals surface area contributed by atoms with Gasteiger partial charge in [0, 0.05) is 40.9 Å². The number of cyclic esters (lactones) is 3. The fourth-order valence-electron chi connectivity index (χ4n) is 13.0. The van der Waals surface area contributed by atoms with E-state index in [0.717, 1.165) is 24.5 Å². The number of aliphatic hydroxyl groups is 2. The molecule has 0 aromatic carbocycles. The van der Waals surface area contributed by atoms with Gasteiger partial charge < -0.3 is 38.6 Å². The maximum Gasteiger partial charge on any atom is 0.348 e. The number of hydrogen-bond acceptors (Lipinski definition) is 15. The van der Waals surface area contributed by atoms with Crippen LogP contribution in [0.3, 0.4) is 0 Å². The van der Waals surface area contributed by atoms with Crippen LogP contribution in [0.4, 0.5) is 0 Å². The standard InChI is InChI=1S/C42H46O15/c1-16-7-8-53-38(50)26(56-18(3)43)13-29(44)54-14-21-23-12-27-39(4,24-11-25(24)41(27,51)15-55-35(16)47)28-10-20-19-9-22(19)40(5)31(20)32(42(23,28)57-37(21)49)30(33(45)34(40)46)17(2)36(48)52-6/h7,19,22,24-28,32,34,46,51H,8-15H2,1-6H3. The van der Waals surface area contributed by atoms with Crippen LogP contribution >= 0.6 is 0 Å². The van der Waals surface area contributed by atoms with Crippen molar-refractivity contribution in [2.24, 2.45) is 52.3 Å². The molecule has 15 nitrogen and oxygen atoms in total. The molecular weight excluding hydrogens is 744 g/mol. The molecule has 57 heavy (non-hydrogen) atoms. The van der Waals surface area contributed by atoms with Crippen molar-refractivity contribution in [2.75, 3.05) is 26.9 Å². The van der Waals surface area contributed by atoms with E-state index in [9.17, 15) is 43.8 Å². The number of rotatable bonds is 2. The van der Waals surface area contributed by atoms with Crippen LogP contribution in [0.25, 0.3) is 0 Å². The summed E-state index contributed by atoms with van der Waals surface area (Å²) in [5.41, 5.74) is -2.60. The Kier molecular flexibility index (Phi) is 8.11. The summed E-state index contributed by atoms with van der Waals surface area (Å²) in [4.78, 5) is 94.1. The van der Waals surface area contributed by atoms with E-state index >= 15 is 0 Å². The van der Waals surface area contributed by atoms with Crippen molar-refractivity contribution >= 4 is 41.6 Å². The molecule has 5 fully saturated rings. The van der Waals surface area contributed by atoms with Crippen molar-refractivity contribution in [3.8, 4) is 0 Å². The van der Waals surface area contributed by atoms with Gasteiger partial charge in [0.2, 0.25) is 6.10 Å². The summed E-state index contributed by atoms with van der Waals surface area (Å²) in [5.74, 6) is -8.40. The first-order chi connectivity index (χ1) is 26.9. The first-order valence-electron chi connectivity index (χ1n) is 19.6. The minimum absolute atomic E-state index is 0.00455. The molecule has 9 aliphatic rings. The number of allylic oxidation sites excluding steroid dienone is 1. The summed E-state index contributed by atoms with van der Waals surface area (Å²) in [7, 11) is 1.20. The smallest absolute Gasteiger partial charge is 0.348 e. The molecule has 9 rings (SSSR count). The van der Waals surface area contributed by atoms with Gasteiger partial charge in [-0.3, -0.25) is 14.4 Å². The van der Waals surface area contributed by atoms with Crippen LogP contribution < -0.4 is 0 Å². The van der Waals surface area contributed by atoms with Crippen LogP contribution in [0.2, 0.25) is 0 Å². The Morgan fingerprint density at radius 2 is 1.65 bits per heavy atom. The number of esters is 6. The number of carbonyl (C=O) groups is 7. The highest BCUT2D eigenvalue weighted by Gasteiger charge is 2.84. The zero-order chi connectivity index (χ0) is 40.9. The molecule has 5 saturated carbocycles. The van der Waals surface area contributed by atoms with Gasteiger partial charge >= 0.3 is 35.8 Å². The third-order valence-electron chi connectivity index (χ3n) is 15.6. The van der Waals surface area contributed by atoms with Crippen molar-refractivity contribution < 1.29 is 72.2 Å². The molecule has 304 valence electrons. The van der Waals surface area contributed by atoms with Crippen LogP contribution in [0.5, 0.6) is 0 Å². The fourth-order valence-corrected chi connectivity index (χ4v) is 13.0. The molecule has 0 radical (unpaired) electrons. The van der Waals surface area contributed by atoms with Gasteiger partial charge in [0.05, 0.1) is 25.0 Å². The van der Waals surface area contributed by atoms with Gasteiger partial charge in [0.25, 0.3) is 0 Å². The number of hydrogen-bond donors (Lipinski definition) is 2. The third-order valence-corrected chi connectivity index (χ3v) is 15.6. The molecule has 15 heteroatoms. The molecule has 2 aliphatic heterocycles. The van der Waals surface area contributed by atoms with Crippen molar-refractivity contribution in [1.29, 1.82) is 0 Å². The SMILES string of the molecule is COC(=O)C(C)=C1C(=O)C(O)C2(C)C3=C(CC4C5(OC(=O)C6=C5CC5C(O)(COC(=O)C(C)=CCOC(=O)C(OC(C)=O)CC(=O)OC6)C6CC6C54C)C13)C1CC12. The van der Waals surface area contributed by atoms with Gasteiger partial charge in [-0.15, -0.1) is 0 Å². The lowest BCUT2D eigenvalue weighted by atomic mass is 9.42. The summed E-state index contributed by atoms with van der Waals surface area (Å²) < 4.78 is 33.6. The van der Waals surface area contributed by atoms with E-state index in [1.165, 1.54) is 27.0 Å². The quantitative estimate of drug-likeness (QED) is 0.177. The Morgan fingerprint density at radius 3 is 2.35 bits per heavy atom. The predicted molar refractivity (Wildman–Crippen MR) is 189 cm³/mol. The second kappa shape index (κ2) is 12.2. The summed E-state index contributed by atoms with van der Waals surface area (Å²) >= 11 is 0. The van der Waals surface area contributed by atoms with Gasteiger partial charge in [-0.25, -0.2) is 19.2 Å². The molecule has 2 bridgehead atoms. The molecule has 2 heterocycles. The van der Waals surface area contributed by atoms with E-state index < -0.39 is 113 Å². The van der Waals surface area contributed by atoms with E-state index in [0.29, 0.717) is 18.4 Å². The van der Waals surface area contributed by atoms with Crippen LogP contribution in [0.1, 0.15) is 66.7 Å². The zero-order valence-electron chi connectivity index (χ0n) is 32.6. The second-order valence-corrected chi connectivity index (χ2v) is 17.9. The highest BCUT2D eigenvalue weighted by atomic mass is 16.6. The van der Waals surface area contributed by atoms with Gasteiger partial charge in [-0.05, 0) is 85.8 Å². The van der Waals surface area contributed by atoms with Crippen molar-refractivity contribution in [1.82, 2.24) is 0 Å². The third kappa shape index (κ3) is 4.81. The number of fused-ring (bicyclic) bond motifs is 7. The lowest BCUT2D eigenvalue weighted by Crippen LogP contribution is -2.67. The normalized spacial score (nSPS) is 45.1. The van der Waals surface area contributed by atoms with Crippen LogP contribution in [-0.2, 0) is 62.0 Å². The van der Waals surface area contributed by atoms with Gasteiger partial charge in [0.15, 0.2) is 5.78 Å². The highest BCUT2D eigenvalue weighted by molar-refractivity contribution is 6.09. The van der Waals surface area contributed by atoms with Gasteiger partial charge in [-0.1, -0.05) is 19.4 Å². The Labute approximate surface area is 327 Å². The van der Waals surface area contributed by atoms with Crippen molar-refractivity contribution in [3.63, 3.8) is 0 Å². The Hall–Kier alpha value is -4.63. The first kappa shape index (κ1) is 37.9. The molecule has 0 aromatic rings. The van der Waals surface area contributed by atoms with Crippen molar-refractivity contribution in [2.45, 2.75) is 90.1 Å². The van der Waals surface area contributed by atoms with Crippen LogP contribution in [0.15, 0.2) is 45.1 Å². The van der Waals surface area contributed by atoms with Gasteiger partial charge in [0.1, 0.15) is 37.1 Å². The number of aliphatic hydroxyl groups excluding tert-OH is 1. The zero-order valence-corrected chi connectivity index (χ0v) is 32.6. The van der Waals surface area contributed by atoms with E-state index in [-0.39, 0.29) is 59.0 Å². The van der Waals surface area contributed by atoms with Crippen LogP contribution in [0, 0.1) is 52.3 Å². The number of methoxy groups -OCH3 is 1. The minimum atomic E-state index is -1.70. The second-order valence-electron chi connectivity index (χ2n) is 17.9. The number of ketones is 1. The fraction of sp³-hybridized carbons (Fsp3) is 0.643. The lowest BCUT2D eigenvalue weighted by molar-refractivity contribution is -0.191. The molecule has 0 amide bonds. The summed E-state index contributed by atoms with van der Waals surface area (Å²) in [6.45, 7) is 6.55. The Morgan fingerprint density at radius 1 is 0.912 bits per heavy atom. The van der Waals surface area contributed by atoms with E-state index in [1.807, 2.05) is 6.92 Å². The maximum atomic E-state index is 14.7. The van der Waals surface area contributed by atoms with E-state index in [4.69, 9.17) is 28.4 Å². The van der Waals surface area contributed by atoms with Gasteiger partial charge in [-0.2, -0.15) is 0 Å².